The van der Waals surface area contributed by atoms with Gasteiger partial charge in [0, 0.05) is 13.1 Å². The lowest BCUT2D eigenvalue weighted by atomic mass is 10.2. The summed E-state index contributed by atoms with van der Waals surface area (Å²) in [7, 11) is 0. The summed E-state index contributed by atoms with van der Waals surface area (Å²) in [5, 5.41) is 6.81. The van der Waals surface area contributed by atoms with Crippen molar-refractivity contribution in [2.24, 2.45) is 5.10 Å². The van der Waals surface area contributed by atoms with E-state index < -0.39 is 0 Å². The molecule has 0 unspecified atom stereocenters. The number of hydrazone groups is 1. The second-order valence-electron chi connectivity index (χ2n) is 5.96. The highest BCUT2D eigenvalue weighted by Gasteiger charge is 2.05. The first-order chi connectivity index (χ1) is 11.4. The van der Waals surface area contributed by atoms with Gasteiger partial charge in [-0.15, -0.1) is 0 Å². The zero-order valence-corrected chi connectivity index (χ0v) is 13.5. The highest BCUT2D eigenvalue weighted by molar-refractivity contribution is 5.79. The molecule has 3 nitrogen and oxygen atoms in total. The van der Waals surface area contributed by atoms with E-state index in [0.717, 1.165) is 24.4 Å². The smallest absolute Gasteiger partial charge is 0.120 e. The Morgan fingerprint density at radius 3 is 2.48 bits per heavy atom. The van der Waals surface area contributed by atoms with Crippen LogP contribution in [0.4, 0.5) is 0 Å². The molecule has 0 aromatic heterocycles. The van der Waals surface area contributed by atoms with Gasteiger partial charge in [-0.25, -0.2) is 0 Å². The summed E-state index contributed by atoms with van der Waals surface area (Å²) in [6.07, 6.45) is 7.10. The summed E-state index contributed by atoms with van der Waals surface area (Å²) in [4.78, 5) is 0. The molecule has 120 valence electrons. The van der Waals surface area contributed by atoms with Crippen molar-refractivity contribution < 1.29 is 4.74 Å². The van der Waals surface area contributed by atoms with E-state index in [1.807, 2.05) is 42.6 Å². The number of benzene rings is 2. The van der Waals surface area contributed by atoms with Gasteiger partial charge in [-0.05, 0) is 36.1 Å². The van der Waals surface area contributed by atoms with E-state index in [4.69, 9.17) is 4.74 Å². The molecule has 0 N–H and O–H groups in total. The molecular formula is C20H24N2O. The Morgan fingerprint density at radius 1 is 0.913 bits per heavy atom. The molecule has 1 aliphatic rings. The van der Waals surface area contributed by atoms with Crippen LogP contribution in [0.15, 0.2) is 59.7 Å². The molecule has 0 radical (unpaired) electrons. The van der Waals surface area contributed by atoms with Crippen molar-refractivity contribution in [3.8, 4) is 5.75 Å². The molecule has 23 heavy (non-hydrogen) atoms. The molecule has 0 amide bonds. The average molecular weight is 308 g/mol. The lowest BCUT2D eigenvalue weighted by Crippen LogP contribution is -2.18. The Labute approximate surface area is 138 Å². The van der Waals surface area contributed by atoms with Crippen LogP contribution in [-0.4, -0.2) is 24.3 Å². The van der Waals surface area contributed by atoms with Crippen molar-refractivity contribution in [2.75, 3.05) is 13.1 Å². The molecule has 3 heteroatoms. The summed E-state index contributed by atoms with van der Waals surface area (Å²) >= 11 is 0. The molecule has 1 heterocycles. The topological polar surface area (TPSA) is 24.8 Å². The maximum atomic E-state index is 5.87. The number of nitrogens with zero attached hydrogens (tertiary/aromatic N) is 2. The highest BCUT2D eigenvalue weighted by Crippen LogP contribution is 2.15. The first-order valence-corrected chi connectivity index (χ1v) is 8.46. The third-order valence-electron chi connectivity index (χ3n) is 4.06. The van der Waals surface area contributed by atoms with Crippen LogP contribution in [0.2, 0.25) is 0 Å². The summed E-state index contributed by atoms with van der Waals surface area (Å²) in [6, 6.07) is 18.3. The Morgan fingerprint density at radius 2 is 1.70 bits per heavy atom. The van der Waals surface area contributed by atoms with Crippen LogP contribution in [0.25, 0.3) is 0 Å². The van der Waals surface area contributed by atoms with E-state index in [1.165, 1.54) is 31.2 Å². The standard InChI is InChI=1S/C20H24N2O/c1-2-7-14-22(13-6-1)21-16-19-11-8-12-20(15-19)23-17-18-9-4-3-5-10-18/h3-5,8-12,15-16H,1-2,6-7,13-14,17H2. The predicted octanol–water partition coefficient (Wildman–Crippen LogP) is 4.48. The fourth-order valence-electron chi connectivity index (χ4n) is 2.74. The average Bonchev–Trinajstić information content (AvgIpc) is 2.88. The van der Waals surface area contributed by atoms with Crippen molar-refractivity contribution >= 4 is 6.21 Å². The van der Waals surface area contributed by atoms with Gasteiger partial charge < -0.3 is 4.74 Å². The van der Waals surface area contributed by atoms with E-state index in [1.54, 1.807) is 0 Å². The zero-order valence-electron chi connectivity index (χ0n) is 13.5. The molecule has 0 atom stereocenters. The third kappa shape index (κ3) is 5.13. The van der Waals surface area contributed by atoms with Crippen LogP contribution in [-0.2, 0) is 6.61 Å². The summed E-state index contributed by atoms with van der Waals surface area (Å²) in [5.74, 6) is 0.883. The van der Waals surface area contributed by atoms with Crippen molar-refractivity contribution in [1.29, 1.82) is 0 Å². The van der Waals surface area contributed by atoms with Gasteiger partial charge in [0.1, 0.15) is 12.4 Å². The third-order valence-corrected chi connectivity index (χ3v) is 4.06. The summed E-state index contributed by atoms with van der Waals surface area (Å²) < 4.78 is 5.87. The first kappa shape index (κ1) is 15.6. The number of ether oxygens (including phenoxy) is 1. The van der Waals surface area contributed by atoms with Gasteiger partial charge in [0.25, 0.3) is 0 Å². The van der Waals surface area contributed by atoms with Crippen LogP contribution in [0.5, 0.6) is 5.75 Å². The van der Waals surface area contributed by atoms with Crippen molar-refractivity contribution in [2.45, 2.75) is 32.3 Å². The van der Waals surface area contributed by atoms with E-state index >= 15 is 0 Å². The molecule has 0 aliphatic carbocycles. The van der Waals surface area contributed by atoms with Crippen LogP contribution in [0, 0.1) is 0 Å². The molecule has 2 aromatic rings. The molecule has 1 saturated heterocycles. The van der Waals surface area contributed by atoms with E-state index in [2.05, 4.69) is 28.3 Å². The lowest BCUT2D eigenvalue weighted by molar-refractivity contribution is 0.302. The van der Waals surface area contributed by atoms with Crippen LogP contribution >= 0.6 is 0 Å². The van der Waals surface area contributed by atoms with Gasteiger partial charge in [0.2, 0.25) is 0 Å². The lowest BCUT2D eigenvalue weighted by Gasteiger charge is -2.15. The van der Waals surface area contributed by atoms with E-state index in [0.29, 0.717) is 6.61 Å². The minimum absolute atomic E-state index is 0.591. The summed E-state index contributed by atoms with van der Waals surface area (Å²) in [6.45, 7) is 2.73. The summed E-state index contributed by atoms with van der Waals surface area (Å²) in [5.41, 5.74) is 2.26. The van der Waals surface area contributed by atoms with Gasteiger partial charge in [0.15, 0.2) is 0 Å². The highest BCUT2D eigenvalue weighted by atomic mass is 16.5. The normalized spacial score (nSPS) is 15.6. The Balaban J connectivity index is 1.58. The first-order valence-electron chi connectivity index (χ1n) is 8.46. The second kappa shape index (κ2) is 8.37. The van der Waals surface area contributed by atoms with Crippen molar-refractivity contribution in [3.63, 3.8) is 0 Å². The van der Waals surface area contributed by atoms with Gasteiger partial charge in [-0.3, -0.25) is 5.01 Å². The SMILES string of the molecule is C(=NN1CCCCCC1)c1cccc(OCc2ccccc2)c1. The molecular weight excluding hydrogens is 284 g/mol. The molecule has 3 rings (SSSR count). The Hall–Kier alpha value is -2.29. The van der Waals surface area contributed by atoms with Crippen LogP contribution in [0.1, 0.15) is 36.8 Å². The fraction of sp³-hybridized carbons (Fsp3) is 0.350. The van der Waals surface area contributed by atoms with Gasteiger partial charge in [0.05, 0.1) is 6.21 Å². The Bertz CT molecular complexity index is 617. The molecule has 1 aliphatic heterocycles. The van der Waals surface area contributed by atoms with E-state index in [9.17, 15) is 0 Å². The molecule has 2 aromatic carbocycles. The predicted molar refractivity (Wildman–Crippen MR) is 94.9 cm³/mol. The molecule has 0 saturated carbocycles. The van der Waals surface area contributed by atoms with Gasteiger partial charge in [-0.2, -0.15) is 5.10 Å². The van der Waals surface area contributed by atoms with E-state index in [-0.39, 0.29) is 0 Å². The monoisotopic (exact) mass is 308 g/mol. The second-order valence-corrected chi connectivity index (χ2v) is 5.96. The zero-order chi connectivity index (χ0) is 15.7. The van der Waals surface area contributed by atoms with Crippen molar-refractivity contribution in [3.05, 3.63) is 65.7 Å². The number of rotatable bonds is 5. The molecule has 0 spiro atoms. The van der Waals surface area contributed by atoms with Crippen LogP contribution in [0.3, 0.4) is 0 Å². The number of hydrogen-bond acceptors (Lipinski definition) is 3. The maximum Gasteiger partial charge on any atom is 0.120 e. The molecule has 1 fully saturated rings. The minimum Gasteiger partial charge on any atom is -0.489 e. The fourth-order valence-corrected chi connectivity index (χ4v) is 2.74. The van der Waals surface area contributed by atoms with Gasteiger partial charge >= 0.3 is 0 Å². The van der Waals surface area contributed by atoms with Crippen molar-refractivity contribution in [1.82, 2.24) is 5.01 Å². The van der Waals surface area contributed by atoms with Gasteiger partial charge in [-0.1, -0.05) is 55.3 Å². The minimum atomic E-state index is 0.591. The Kier molecular flexibility index (Phi) is 5.68. The maximum absolute atomic E-state index is 5.87. The largest absolute Gasteiger partial charge is 0.489 e. The number of hydrogen-bond donors (Lipinski definition) is 0. The quantitative estimate of drug-likeness (QED) is 0.761. The molecule has 0 bridgehead atoms. The van der Waals surface area contributed by atoms with Crippen LogP contribution < -0.4 is 4.74 Å².